The molecule has 0 aliphatic heterocycles. The molecule has 1 nitrogen and oxygen atoms in total. The van der Waals surface area contributed by atoms with Crippen LogP contribution in [0.5, 0.6) is 0 Å². The maximum Gasteiger partial charge on any atom is 0.0609 e. The summed E-state index contributed by atoms with van der Waals surface area (Å²) >= 11 is 6.96. The zero-order chi connectivity index (χ0) is 9.42. The summed E-state index contributed by atoms with van der Waals surface area (Å²) < 4.78 is 3.54. The smallest absolute Gasteiger partial charge is 0.0609 e. The van der Waals surface area contributed by atoms with Gasteiger partial charge in [0.1, 0.15) is 0 Å². The topological polar surface area (TPSA) is 26.0 Å². The first-order chi connectivity index (χ1) is 6.22. The first-order valence-electron chi connectivity index (χ1n) is 3.74. The number of hydrogen-bond donors (Lipinski definition) is 1. The Kier molecular flexibility index (Phi) is 2.53. The van der Waals surface area contributed by atoms with Crippen LogP contribution in [0.25, 0.3) is 10.1 Å². The zero-order valence-corrected chi connectivity index (χ0v) is 10.2. The van der Waals surface area contributed by atoms with Gasteiger partial charge in [-0.25, -0.2) is 0 Å². The van der Waals surface area contributed by atoms with Gasteiger partial charge in [0.2, 0.25) is 0 Å². The average molecular weight is 274 g/mol. The Morgan fingerprint density at radius 3 is 2.92 bits per heavy atom. The van der Waals surface area contributed by atoms with Crippen molar-refractivity contribution < 1.29 is 0 Å². The number of nitrogen functional groups attached to an aromatic ring is 1. The van der Waals surface area contributed by atoms with Crippen LogP contribution in [-0.2, 0) is 0 Å². The van der Waals surface area contributed by atoms with Crippen LogP contribution in [0.3, 0.4) is 0 Å². The second-order valence-electron chi connectivity index (χ2n) is 2.64. The molecular formula is C9H8BrNS2. The van der Waals surface area contributed by atoms with Crippen LogP contribution >= 0.6 is 39.0 Å². The van der Waals surface area contributed by atoms with E-state index in [1.54, 1.807) is 23.1 Å². The highest BCUT2D eigenvalue weighted by Crippen LogP contribution is 2.37. The van der Waals surface area contributed by atoms with Crippen molar-refractivity contribution in [2.45, 2.75) is 4.21 Å². The molecule has 2 N–H and O–H groups in total. The van der Waals surface area contributed by atoms with Gasteiger partial charge in [0.25, 0.3) is 0 Å². The lowest BCUT2D eigenvalue weighted by molar-refractivity contribution is 1.70. The molecule has 0 aliphatic rings. The Balaban J connectivity index is 2.76. The highest BCUT2D eigenvalue weighted by molar-refractivity contribution is 9.10. The zero-order valence-electron chi connectivity index (χ0n) is 7.00. The van der Waals surface area contributed by atoms with Crippen LogP contribution in [0, 0.1) is 0 Å². The van der Waals surface area contributed by atoms with E-state index in [2.05, 4.69) is 34.3 Å². The van der Waals surface area contributed by atoms with Crippen molar-refractivity contribution in [2.24, 2.45) is 0 Å². The van der Waals surface area contributed by atoms with Gasteiger partial charge in [-0.05, 0) is 40.4 Å². The third kappa shape index (κ3) is 1.58. The van der Waals surface area contributed by atoms with E-state index in [9.17, 15) is 0 Å². The largest absolute Gasteiger partial charge is 0.397 e. The Labute approximate surface area is 93.4 Å². The van der Waals surface area contributed by atoms with Crippen LogP contribution in [0.4, 0.5) is 5.69 Å². The van der Waals surface area contributed by atoms with Gasteiger partial charge in [-0.1, -0.05) is 0 Å². The molecule has 2 aromatic rings. The highest BCUT2D eigenvalue weighted by Gasteiger charge is 2.05. The lowest BCUT2D eigenvalue weighted by Gasteiger charge is -1.97. The quantitative estimate of drug-likeness (QED) is 0.629. The Hall–Kier alpha value is -0.190. The van der Waals surface area contributed by atoms with Crippen LogP contribution in [0.2, 0.25) is 0 Å². The van der Waals surface area contributed by atoms with Crippen LogP contribution in [0.1, 0.15) is 0 Å². The highest BCUT2D eigenvalue weighted by atomic mass is 79.9. The summed E-state index contributed by atoms with van der Waals surface area (Å²) in [6.45, 7) is 0. The van der Waals surface area contributed by atoms with Gasteiger partial charge in [0.05, 0.1) is 9.90 Å². The van der Waals surface area contributed by atoms with Gasteiger partial charge in [0.15, 0.2) is 0 Å². The van der Waals surface area contributed by atoms with E-state index in [0.717, 1.165) is 15.5 Å². The number of nitrogens with two attached hydrogens (primary N) is 1. The fourth-order valence-electron chi connectivity index (χ4n) is 1.18. The van der Waals surface area contributed by atoms with E-state index in [-0.39, 0.29) is 0 Å². The maximum absolute atomic E-state index is 5.94. The minimum Gasteiger partial charge on any atom is -0.397 e. The van der Waals surface area contributed by atoms with Crippen molar-refractivity contribution in [2.75, 3.05) is 12.0 Å². The first kappa shape index (κ1) is 9.37. The number of thioether (sulfide) groups is 1. The third-order valence-corrected chi connectivity index (χ3v) is 4.72. The minimum absolute atomic E-state index is 0.842. The van der Waals surface area contributed by atoms with Gasteiger partial charge in [-0.15, -0.1) is 23.1 Å². The molecule has 68 valence electrons. The van der Waals surface area contributed by atoms with Gasteiger partial charge in [0, 0.05) is 14.6 Å². The molecule has 0 unspecified atom stereocenters. The molecule has 0 saturated heterocycles. The van der Waals surface area contributed by atoms with Crippen molar-refractivity contribution in [1.82, 2.24) is 0 Å². The van der Waals surface area contributed by atoms with E-state index in [0.29, 0.717) is 0 Å². The van der Waals surface area contributed by atoms with Gasteiger partial charge < -0.3 is 5.73 Å². The van der Waals surface area contributed by atoms with E-state index < -0.39 is 0 Å². The van der Waals surface area contributed by atoms with E-state index in [4.69, 9.17) is 5.73 Å². The molecule has 0 amide bonds. The molecular weight excluding hydrogens is 266 g/mol. The number of benzene rings is 1. The van der Waals surface area contributed by atoms with Gasteiger partial charge in [-0.3, -0.25) is 0 Å². The predicted octanol–water partition coefficient (Wildman–Crippen LogP) is 3.97. The SMILES string of the molecule is CSc1cc2c(N)c(Br)ccc2s1. The number of rotatable bonds is 1. The summed E-state index contributed by atoms with van der Waals surface area (Å²) in [5, 5.41) is 1.16. The predicted molar refractivity (Wildman–Crippen MR) is 65.7 cm³/mol. The van der Waals surface area contributed by atoms with Crippen LogP contribution in [-0.4, -0.2) is 6.26 Å². The Bertz CT molecular complexity index is 450. The molecule has 1 heterocycles. The van der Waals surface area contributed by atoms with Gasteiger partial charge in [-0.2, -0.15) is 0 Å². The van der Waals surface area contributed by atoms with E-state index in [1.807, 2.05) is 6.07 Å². The first-order valence-corrected chi connectivity index (χ1v) is 6.57. The molecule has 4 heteroatoms. The van der Waals surface area contributed by atoms with Crippen LogP contribution in [0.15, 0.2) is 26.9 Å². The molecule has 0 atom stereocenters. The molecule has 0 fully saturated rings. The lowest BCUT2D eigenvalue weighted by atomic mass is 10.2. The number of halogens is 1. The Morgan fingerprint density at radius 1 is 1.46 bits per heavy atom. The molecule has 0 bridgehead atoms. The summed E-state index contributed by atoms with van der Waals surface area (Å²) in [5.41, 5.74) is 6.78. The second kappa shape index (κ2) is 3.52. The van der Waals surface area contributed by atoms with Crippen LogP contribution < -0.4 is 5.73 Å². The summed E-state index contributed by atoms with van der Waals surface area (Å²) in [7, 11) is 0. The Morgan fingerprint density at radius 2 is 2.23 bits per heavy atom. The fourth-order valence-corrected chi connectivity index (χ4v) is 3.18. The normalized spacial score (nSPS) is 10.9. The number of anilines is 1. The van der Waals surface area contributed by atoms with Crippen molar-refractivity contribution in [1.29, 1.82) is 0 Å². The average Bonchev–Trinajstić information content (AvgIpc) is 2.55. The number of hydrogen-bond acceptors (Lipinski definition) is 3. The summed E-state index contributed by atoms with van der Waals surface area (Å²) in [6.07, 6.45) is 2.08. The molecule has 13 heavy (non-hydrogen) atoms. The number of thiophene rings is 1. The summed E-state index contributed by atoms with van der Waals surface area (Å²) in [5.74, 6) is 0. The van der Waals surface area contributed by atoms with Crippen molar-refractivity contribution >= 4 is 54.8 Å². The molecule has 1 aromatic heterocycles. The summed E-state index contributed by atoms with van der Waals surface area (Å²) in [6, 6.07) is 6.24. The molecule has 0 radical (unpaired) electrons. The third-order valence-electron chi connectivity index (χ3n) is 1.87. The van der Waals surface area contributed by atoms with E-state index >= 15 is 0 Å². The molecule has 0 saturated carbocycles. The molecule has 0 aliphatic carbocycles. The summed E-state index contributed by atoms with van der Waals surface area (Å²) in [4.78, 5) is 0. The van der Waals surface area contributed by atoms with E-state index in [1.165, 1.54) is 8.91 Å². The van der Waals surface area contributed by atoms with Gasteiger partial charge >= 0.3 is 0 Å². The maximum atomic E-state index is 5.94. The molecule has 2 rings (SSSR count). The van der Waals surface area contributed by atoms with Crippen molar-refractivity contribution in [3.8, 4) is 0 Å². The fraction of sp³-hybridized carbons (Fsp3) is 0.111. The second-order valence-corrected chi connectivity index (χ2v) is 5.69. The molecule has 0 spiro atoms. The van der Waals surface area contributed by atoms with Crippen molar-refractivity contribution in [3.05, 3.63) is 22.7 Å². The molecule has 1 aromatic carbocycles. The minimum atomic E-state index is 0.842. The monoisotopic (exact) mass is 273 g/mol. The van der Waals surface area contributed by atoms with Crippen molar-refractivity contribution in [3.63, 3.8) is 0 Å². The lowest BCUT2D eigenvalue weighted by Crippen LogP contribution is -1.85. The standard InChI is InChI=1S/C9H8BrNS2/c1-12-8-4-5-7(13-8)3-2-6(10)9(5)11/h2-4H,11H2,1H3. The number of fused-ring (bicyclic) bond motifs is 1.